The summed E-state index contributed by atoms with van der Waals surface area (Å²) in [5, 5.41) is 10.2. The standard InChI is InChI=1S/C5H7NO4/c1-6-4(8)3(2-7)5(9)10/h2-3H,1H3,(H,6,8)(H,9,10). The molecule has 0 aromatic rings. The van der Waals surface area contributed by atoms with Crippen molar-refractivity contribution in [3.63, 3.8) is 0 Å². The molecule has 0 aromatic carbocycles. The second-order valence-corrected chi connectivity index (χ2v) is 1.57. The minimum Gasteiger partial charge on any atom is -0.480 e. The Morgan fingerprint density at radius 3 is 2.20 bits per heavy atom. The van der Waals surface area contributed by atoms with Gasteiger partial charge in [-0.25, -0.2) is 0 Å². The Balaban J connectivity index is 4.20. The predicted molar refractivity (Wildman–Crippen MR) is 31.3 cm³/mol. The molecule has 0 heterocycles. The van der Waals surface area contributed by atoms with Gasteiger partial charge in [-0.15, -0.1) is 0 Å². The van der Waals surface area contributed by atoms with Gasteiger partial charge in [-0.05, 0) is 0 Å². The fraction of sp³-hybridized carbons (Fsp3) is 0.400. The molecule has 0 aliphatic rings. The van der Waals surface area contributed by atoms with E-state index in [0.29, 0.717) is 0 Å². The summed E-state index contributed by atoms with van der Waals surface area (Å²) in [6.07, 6.45) is 0.0845. The third-order valence-corrected chi connectivity index (χ3v) is 0.931. The van der Waals surface area contributed by atoms with E-state index in [1.807, 2.05) is 5.32 Å². The van der Waals surface area contributed by atoms with Crippen molar-refractivity contribution in [1.29, 1.82) is 0 Å². The van der Waals surface area contributed by atoms with Crippen LogP contribution in [-0.4, -0.2) is 30.3 Å². The zero-order valence-corrected chi connectivity index (χ0v) is 5.33. The van der Waals surface area contributed by atoms with E-state index in [2.05, 4.69) is 0 Å². The molecule has 0 rings (SSSR count). The van der Waals surface area contributed by atoms with Gasteiger partial charge in [-0.2, -0.15) is 0 Å². The third kappa shape index (κ3) is 1.85. The van der Waals surface area contributed by atoms with E-state index < -0.39 is 17.8 Å². The molecule has 0 radical (unpaired) electrons. The molecule has 5 nitrogen and oxygen atoms in total. The van der Waals surface area contributed by atoms with E-state index >= 15 is 0 Å². The van der Waals surface area contributed by atoms with Crippen LogP contribution in [0.1, 0.15) is 0 Å². The second-order valence-electron chi connectivity index (χ2n) is 1.57. The van der Waals surface area contributed by atoms with E-state index in [4.69, 9.17) is 5.11 Å². The van der Waals surface area contributed by atoms with E-state index in [1.54, 1.807) is 0 Å². The SMILES string of the molecule is CNC(=O)C(C=O)C(=O)O. The summed E-state index contributed by atoms with van der Waals surface area (Å²) in [6.45, 7) is 0. The third-order valence-electron chi connectivity index (χ3n) is 0.931. The lowest BCUT2D eigenvalue weighted by Crippen LogP contribution is -2.33. The predicted octanol–water partition coefficient (Wildman–Crippen LogP) is -1.37. The van der Waals surface area contributed by atoms with Gasteiger partial charge in [0.15, 0.2) is 5.92 Å². The van der Waals surface area contributed by atoms with Gasteiger partial charge in [-0.1, -0.05) is 0 Å². The summed E-state index contributed by atoms with van der Waals surface area (Å²) in [5.74, 6) is -3.82. The van der Waals surface area contributed by atoms with E-state index in [1.165, 1.54) is 7.05 Å². The Morgan fingerprint density at radius 2 is 2.10 bits per heavy atom. The highest BCUT2D eigenvalue weighted by atomic mass is 16.4. The van der Waals surface area contributed by atoms with Gasteiger partial charge in [0.25, 0.3) is 0 Å². The molecule has 1 atom stereocenters. The molecular weight excluding hydrogens is 138 g/mol. The molecule has 2 N–H and O–H groups in total. The van der Waals surface area contributed by atoms with Crippen molar-refractivity contribution < 1.29 is 19.5 Å². The van der Waals surface area contributed by atoms with Gasteiger partial charge in [0, 0.05) is 7.05 Å². The molecule has 0 saturated heterocycles. The smallest absolute Gasteiger partial charge is 0.323 e. The first kappa shape index (κ1) is 8.61. The molecule has 0 fully saturated rings. The Bertz CT molecular complexity index is 165. The molecule has 0 bridgehead atoms. The van der Waals surface area contributed by atoms with Crippen molar-refractivity contribution in [3.05, 3.63) is 0 Å². The van der Waals surface area contributed by atoms with Crippen LogP contribution in [0.15, 0.2) is 0 Å². The van der Waals surface area contributed by atoms with Crippen LogP contribution in [0.5, 0.6) is 0 Å². The summed E-state index contributed by atoms with van der Waals surface area (Å²) in [7, 11) is 1.27. The normalized spacial score (nSPS) is 11.7. The van der Waals surface area contributed by atoms with Gasteiger partial charge >= 0.3 is 5.97 Å². The second kappa shape index (κ2) is 3.60. The summed E-state index contributed by atoms with van der Waals surface area (Å²) in [5.41, 5.74) is 0. The van der Waals surface area contributed by atoms with Gasteiger partial charge in [0.05, 0.1) is 0 Å². The fourth-order valence-corrected chi connectivity index (χ4v) is 0.388. The van der Waals surface area contributed by atoms with Crippen LogP contribution in [-0.2, 0) is 14.4 Å². The highest BCUT2D eigenvalue weighted by Crippen LogP contribution is 1.89. The maximum absolute atomic E-state index is 10.5. The van der Waals surface area contributed by atoms with Crippen molar-refractivity contribution in [2.45, 2.75) is 0 Å². The Morgan fingerprint density at radius 1 is 1.60 bits per heavy atom. The molecule has 1 amide bonds. The molecule has 1 unspecified atom stereocenters. The van der Waals surface area contributed by atoms with Crippen molar-refractivity contribution in [2.24, 2.45) is 5.92 Å². The van der Waals surface area contributed by atoms with Crippen LogP contribution >= 0.6 is 0 Å². The van der Waals surface area contributed by atoms with E-state index in [0.717, 1.165) is 0 Å². The largest absolute Gasteiger partial charge is 0.480 e. The number of hydrogen-bond acceptors (Lipinski definition) is 3. The van der Waals surface area contributed by atoms with Crippen molar-refractivity contribution >= 4 is 18.2 Å². The molecule has 0 aliphatic heterocycles. The number of carboxylic acids is 1. The molecule has 5 heteroatoms. The topological polar surface area (TPSA) is 83.5 Å². The Labute approximate surface area is 57.0 Å². The lowest BCUT2D eigenvalue weighted by atomic mass is 10.1. The maximum atomic E-state index is 10.5. The summed E-state index contributed by atoms with van der Waals surface area (Å²) in [4.78, 5) is 30.4. The molecule has 56 valence electrons. The number of nitrogens with one attached hydrogen (secondary N) is 1. The van der Waals surface area contributed by atoms with E-state index in [9.17, 15) is 14.4 Å². The zero-order valence-electron chi connectivity index (χ0n) is 5.33. The van der Waals surface area contributed by atoms with Crippen LogP contribution in [0, 0.1) is 5.92 Å². The fourth-order valence-electron chi connectivity index (χ4n) is 0.388. The van der Waals surface area contributed by atoms with Crippen LogP contribution in [0.3, 0.4) is 0 Å². The Kier molecular flexibility index (Phi) is 3.10. The van der Waals surface area contributed by atoms with Gasteiger partial charge in [0.2, 0.25) is 5.91 Å². The first-order valence-electron chi connectivity index (χ1n) is 2.53. The minimum atomic E-state index is -1.58. The average Bonchev–Trinajstić information content (AvgIpc) is 1.88. The number of amides is 1. The molecule has 0 aliphatic carbocycles. The van der Waals surface area contributed by atoms with Gasteiger partial charge in [-0.3, -0.25) is 9.59 Å². The number of rotatable bonds is 3. The van der Waals surface area contributed by atoms with Crippen LogP contribution < -0.4 is 5.32 Å². The lowest BCUT2D eigenvalue weighted by molar-refractivity contribution is -0.148. The number of hydrogen-bond donors (Lipinski definition) is 2. The minimum absolute atomic E-state index is 0.0845. The average molecular weight is 145 g/mol. The zero-order chi connectivity index (χ0) is 8.15. The maximum Gasteiger partial charge on any atom is 0.323 e. The first-order chi connectivity index (χ1) is 4.63. The molecule has 0 aromatic heterocycles. The molecule has 0 saturated carbocycles. The van der Waals surface area contributed by atoms with Crippen LogP contribution in [0.25, 0.3) is 0 Å². The molecule has 10 heavy (non-hydrogen) atoms. The number of aliphatic carboxylic acids is 1. The monoisotopic (exact) mass is 145 g/mol. The summed E-state index contributed by atoms with van der Waals surface area (Å²) in [6, 6.07) is 0. The van der Waals surface area contributed by atoms with E-state index in [-0.39, 0.29) is 6.29 Å². The summed E-state index contributed by atoms with van der Waals surface area (Å²) >= 11 is 0. The number of carbonyl (C=O) groups excluding carboxylic acids is 2. The van der Waals surface area contributed by atoms with Crippen molar-refractivity contribution in [1.82, 2.24) is 5.32 Å². The van der Waals surface area contributed by atoms with Crippen molar-refractivity contribution in [2.75, 3.05) is 7.05 Å². The lowest BCUT2D eigenvalue weighted by Gasteiger charge is -2.00. The van der Waals surface area contributed by atoms with Crippen LogP contribution in [0.4, 0.5) is 0 Å². The van der Waals surface area contributed by atoms with Crippen molar-refractivity contribution in [3.8, 4) is 0 Å². The Hall–Kier alpha value is -1.39. The highest BCUT2D eigenvalue weighted by Gasteiger charge is 2.23. The molecular formula is C5H7NO4. The highest BCUT2D eigenvalue weighted by molar-refractivity contribution is 6.09. The first-order valence-corrected chi connectivity index (χ1v) is 2.53. The van der Waals surface area contributed by atoms with Gasteiger partial charge < -0.3 is 15.2 Å². The number of aldehydes is 1. The number of carboxylic acid groups (broad SMARTS) is 1. The number of carbonyl (C=O) groups is 3. The van der Waals surface area contributed by atoms with Crippen LogP contribution in [0.2, 0.25) is 0 Å². The quantitative estimate of drug-likeness (QED) is 0.379. The molecule has 0 spiro atoms. The summed E-state index contributed by atoms with van der Waals surface area (Å²) < 4.78 is 0. The van der Waals surface area contributed by atoms with Gasteiger partial charge in [0.1, 0.15) is 6.29 Å².